The van der Waals surface area contributed by atoms with Crippen LogP contribution in [-0.4, -0.2) is 46.3 Å². The Labute approximate surface area is 165 Å². The number of nitrogens with one attached hydrogen (secondary N) is 1. The van der Waals surface area contributed by atoms with Crippen LogP contribution in [-0.2, 0) is 17.8 Å². The minimum atomic E-state index is -0.0521. The predicted octanol–water partition coefficient (Wildman–Crippen LogP) is 3.43. The lowest BCUT2D eigenvalue weighted by atomic mass is 10.2. The van der Waals surface area contributed by atoms with E-state index in [4.69, 9.17) is 4.74 Å². The first-order valence-electron chi connectivity index (χ1n) is 9.87. The van der Waals surface area contributed by atoms with E-state index in [0.717, 1.165) is 31.6 Å². The molecule has 4 rings (SSSR count). The number of nitrogens with zero attached hydrogens (tertiary/aromatic N) is 3. The molecule has 146 valence electrons. The van der Waals surface area contributed by atoms with Crippen molar-refractivity contribution in [2.75, 3.05) is 19.7 Å². The summed E-state index contributed by atoms with van der Waals surface area (Å²) < 4.78 is 7.91. The van der Waals surface area contributed by atoms with E-state index < -0.39 is 0 Å². The molecule has 0 radical (unpaired) electrons. The van der Waals surface area contributed by atoms with Gasteiger partial charge in [0.2, 0.25) is 0 Å². The Morgan fingerprint density at radius 2 is 2.07 bits per heavy atom. The maximum absolute atomic E-state index is 12.9. The van der Waals surface area contributed by atoms with Gasteiger partial charge in [0.25, 0.3) is 0 Å². The van der Waals surface area contributed by atoms with Gasteiger partial charge in [-0.15, -0.1) is 0 Å². The summed E-state index contributed by atoms with van der Waals surface area (Å²) in [5.41, 5.74) is 2.25. The fraction of sp³-hybridized carbons (Fsp3) is 0.364. The minimum Gasteiger partial charge on any atom is -0.376 e. The molecule has 1 fully saturated rings. The number of fused-ring (bicyclic) bond motifs is 1. The largest absolute Gasteiger partial charge is 0.376 e. The van der Waals surface area contributed by atoms with Crippen molar-refractivity contribution in [2.45, 2.75) is 32.0 Å². The van der Waals surface area contributed by atoms with E-state index in [9.17, 15) is 4.79 Å². The number of hydrogen-bond donors (Lipinski definition) is 1. The summed E-state index contributed by atoms with van der Waals surface area (Å²) in [6.07, 6.45) is 7.79. The van der Waals surface area contributed by atoms with Crippen LogP contribution in [0.2, 0.25) is 0 Å². The van der Waals surface area contributed by atoms with Crippen LogP contribution in [0.1, 0.15) is 18.4 Å². The number of aromatic nitrogens is 2. The molecule has 1 N–H and O–H groups in total. The predicted molar refractivity (Wildman–Crippen MR) is 109 cm³/mol. The van der Waals surface area contributed by atoms with Crippen molar-refractivity contribution in [1.82, 2.24) is 19.8 Å². The summed E-state index contributed by atoms with van der Waals surface area (Å²) in [4.78, 5) is 18.8. The van der Waals surface area contributed by atoms with Gasteiger partial charge in [-0.3, -0.25) is 4.98 Å². The van der Waals surface area contributed by atoms with Crippen LogP contribution in [0.5, 0.6) is 0 Å². The van der Waals surface area contributed by atoms with Gasteiger partial charge in [-0.2, -0.15) is 0 Å². The van der Waals surface area contributed by atoms with Crippen LogP contribution in [0.4, 0.5) is 4.79 Å². The highest BCUT2D eigenvalue weighted by Gasteiger charge is 2.22. The third-order valence-corrected chi connectivity index (χ3v) is 5.17. The average molecular weight is 378 g/mol. The van der Waals surface area contributed by atoms with Crippen molar-refractivity contribution in [3.05, 3.63) is 66.6 Å². The molecule has 1 aliphatic heterocycles. The number of amides is 2. The molecule has 3 aromatic rings. The van der Waals surface area contributed by atoms with Gasteiger partial charge in [0.05, 0.1) is 6.10 Å². The Morgan fingerprint density at radius 3 is 2.89 bits per heavy atom. The summed E-state index contributed by atoms with van der Waals surface area (Å²) in [5, 5.41) is 4.29. The zero-order valence-corrected chi connectivity index (χ0v) is 16.0. The molecule has 2 amide bonds. The maximum Gasteiger partial charge on any atom is 0.317 e. The fourth-order valence-electron chi connectivity index (χ4n) is 3.69. The molecule has 6 heteroatoms. The van der Waals surface area contributed by atoms with Crippen molar-refractivity contribution < 1.29 is 9.53 Å². The highest BCUT2D eigenvalue weighted by molar-refractivity contribution is 5.80. The Bertz CT molecular complexity index is 903. The lowest BCUT2D eigenvalue weighted by molar-refractivity contribution is 0.0794. The summed E-state index contributed by atoms with van der Waals surface area (Å²) >= 11 is 0. The number of pyridine rings is 1. The molecule has 0 unspecified atom stereocenters. The minimum absolute atomic E-state index is 0.0521. The lowest BCUT2D eigenvalue weighted by Gasteiger charge is -2.26. The van der Waals surface area contributed by atoms with Gasteiger partial charge in [-0.1, -0.05) is 18.2 Å². The van der Waals surface area contributed by atoms with Crippen molar-refractivity contribution >= 4 is 16.9 Å². The van der Waals surface area contributed by atoms with E-state index in [-0.39, 0.29) is 12.1 Å². The summed E-state index contributed by atoms with van der Waals surface area (Å²) in [6.45, 7) is 3.27. The molecule has 1 atom stereocenters. The fourth-order valence-corrected chi connectivity index (χ4v) is 3.69. The Morgan fingerprint density at radius 1 is 1.21 bits per heavy atom. The zero-order valence-electron chi connectivity index (χ0n) is 16.0. The van der Waals surface area contributed by atoms with Crippen LogP contribution in [0, 0.1) is 0 Å². The Kier molecular flexibility index (Phi) is 5.87. The number of hydrogen-bond acceptors (Lipinski definition) is 3. The second kappa shape index (κ2) is 8.89. The zero-order chi connectivity index (χ0) is 19.2. The highest BCUT2D eigenvalue weighted by atomic mass is 16.5. The van der Waals surface area contributed by atoms with Crippen molar-refractivity contribution in [3.8, 4) is 0 Å². The van der Waals surface area contributed by atoms with E-state index in [1.54, 1.807) is 12.4 Å². The number of rotatable bonds is 7. The number of carbonyl (C=O) groups is 1. The van der Waals surface area contributed by atoms with E-state index in [0.29, 0.717) is 19.6 Å². The first-order valence-corrected chi connectivity index (χ1v) is 9.87. The maximum atomic E-state index is 12.9. The molecule has 1 saturated heterocycles. The topological polar surface area (TPSA) is 59.4 Å². The molecule has 0 spiro atoms. The van der Waals surface area contributed by atoms with Crippen LogP contribution in [0.15, 0.2) is 61.1 Å². The number of para-hydroxylation sites is 1. The molecule has 2 aromatic heterocycles. The normalized spacial score (nSPS) is 16.4. The standard InChI is InChI=1S/C22H26N4O2/c27-22(24-12-14-25-13-9-19-4-1-2-6-21(19)25)26(17-20-5-3-15-28-20)16-18-7-10-23-11-8-18/h1-2,4,6-11,13,20H,3,5,12,14-17H2,(H,24,27)/t20-/m0/s1. The third-order valence-electron chi connectivity index (χ3n) is 5.17. The lowest BCUT2D eigenvalue weighted by Crippen LogP contribution is -2.44. The molecule has 3 heterocycles. The second-order valence-corrected chi connectivity index (χ2v) is 7.17. The molecule has 1 aromatic carbocycles. The molecule has 1 aliphatic rings. The quantitative estimate of drug-likeness (QED) is 0.685. The van der Waals surface area contributed by atoms with Crippen molar-refractivity contribution in [3.63, 3.8) is 0 Å². The van der Waals surface area contributed by atoms with E-state index in [1.165, 1.54) is 10.9 Å². The van der Waals surface area contributed by atoms with E-state index in [1.807, 2.05) is 29.2 Å². The van der Waals surface area contributed by atoms with Gasteiger partial charge in [0.15, 0.2) is 0 Å². The summed E-state index contributed by atoms with van der Waals surface area (Å²) in [7, 11) is 0. The number of carbonyl (C=O) groups excluding carboxylic acids is 1. The third kappa shape index (κ3) is 4.51. The molecule has 0 saturated carbocycles. The van der Waals surface area contributed by atoms with Crippen LogP contribution >= 0.6 is 0 Å². The smallest absolute Gasteiger partial charge is 0.317 e. The molecule has 0 bridgehead atoms. The molecular weight excluding hydrogens is 352 g/mol. The highest BCUT2D eigenvalue weighted by Crippen LogP contribution is 2.16. The van der Waals surface area contributed by atoms with Crippen molar-refractivity contribution in [2.24, 2.45) is 0 Å². The summed E-state index contributed by atoms with van der Waals surface area (Å²) in [5.74, 6) is 0. The van der Waals surface area contributed by atoms with Gasteiger partial charge in [-0.25, -0.2) is 4.79 Å². The SMILES string of the molecule is O=C(NCCn1ccc2ccccc21)N(Cc1ccncc1)C[C@@H]1CCCO1. The average Bonchev–Trinajstić information content (AvgIpc) is 3.38. The van der Waals surface area contributed by atoms with Gasteiger partial charge < -0.3 is 19.5 Å². The van der Waals surface area contributed by atoms with Crippen LogP contribution in [0.25, 0.3) is 10.9 Å². The van der Waals surface area contributed by atoms with Crippen LogP contribution < -0.4 is 5.32 Å². The first kappa shape index (κ1) is 18.5. The second-order valence-electron chi connectivity index (χ2n) is 7.17. The monoisotopic (exact) mass is 378 g/mol. The number of benzene rings is 1. The molecule has 28 heavy (non-hydrogen) atoms. The van der Waals surface area contributed by atoms with Gasteiger partial charge in [0.1, 0.15) is 0 Å². The number of ether oxygens (including phenoxy) is 1. The van der Waals surface area contributed by atoms with Gasteiger partial charge >= 0.3 is 6.03 Å². The number of urea groups is 1. The van der Waals surface area contributed by atoms with Gasteiger partial charge in [-0.05, 0) is 48.1 Å². The van der Waals surface area contributed by atoms with Gasteiger partial charge in [0, 0.05) is 56.9 Å². The summed E-state index contributed by atoms with van der Waals surface area (Å²) in [6, 6.07) is 14.2. The van der Waals surface area contributed by atoms with Crippen molar-refractivity contribution in [1.29, 1.82) is 0 Å². The van der Waals surface area contributed by atoms with E-state index >= 15 is 0 Å². The Balaban J connectivity index is 1.36. The first-order chi connectivity index (χ1) is 13.8. The Hall–Kier alpha value is -2.86. The van der Waals surface area contributed by atoms with E-state index in [2.05, 4.69) is 39.3 Å². The van der Waals surface area contributed by atoms with Crippen LogP contribution in [0.3, 0.4) is 0 Å². The molecule has 6 nitrogen and oxygen atoms in total. The molecular formula is C22H26N4O2. The molecule has 0 aliphatic carbocycles.